The first-order chi connectivity index (χ1) is 11.0. The summed E-state index contributed by atoms with van der Waals surface area (Å²) in [4.78, 5) is 13.5. The van der Waals surface area contributed by atoms with Gasteiger partial charge < -0.3 is 4.52 Å². The number of nitrogens with zero attached hydrogens (tertiary/aromatic N) is 7. The van der Waals surface area contributed by atoms with E-state index in [2.05, 4.69) is 50.9 Å². The van der Waals surface area contributed by atoms with Gasteiger partial charge in [-0.3, -0.25) is 9.80 Å². The predicted octanol–water partition coefficient (Wildman–Crippen LogP) is 1.11. The van der Waals surface area contributed by atoms with Gasteiger partial charge in [-0.05, 0) is 19.9 Å². The minimum absolute atomic E-state index is 0.131. The lowest BCUT2D eigenvalue weighted by Crippen LogP contribution is -2.46. The number of aromatic nitrogens is 5. The zero-order valence-corrected chi connectivity index (χ0v) is 14.3. The Kier molecular flexibility index (Phi) is 4.72. The Labute approximate surface area is 136 Å². The lowest BCUT2D eigenvalue weighted by Gasteiger charge is -2.37. The van der Waals surface area contributed by atoms with Crippen LogP contribution < -0.4 is 0 Å². The maximum atomic E-state index is 5.37. The van der Waals surface area contributed by atoms with Crippen molar-refractivity contribution in [3.63, 3.8) is 0 Å². The average molecular weight is 319 g/mol. The van der Waals surface area contributed by atoms with E-state index in [1.54, 1.807) is 6.33 Å². The van der Waals surface area contributed by atoms with Crippen LogP contribution in [-0.2, 0) is 13.1 Å². The summed E-state index contributed by atoms with van der Waals surface area (Å²) < 4.78 is 7.38. The van der Waals surface area contributed by atoms with E-state index in [1.165, 1.54) is 0 Å². The Morgan fingerprint density at radius 1 is 1.35 bits per heavy atom. The van der Waals surface area contributed by atoms with Gasteiger partial charge in [-0.1, -0.05) is 19.0 Å². The normalized spacial score (nSPS) is 20.5. The summed E-state index contributed by atoms with van der Waals surface area (Å²) in [6.07, 6.45) is 1.65. The number of hydrogen-bond donors (Lipinski definition) is 0. The summed E-state index contributed by atoms with van der Waals surface area (Å²) in [6.45, 7) is 10.7. The largest absolute Gasteiger partial charge is 0.338 e. The maximum absolute atomic E-state index is 5.37. The molecule has 0 bridgehead atoms. The quantitative estimate of drug-likeness (QED) is 0.817. The van der Waals surface area contributed by atoms with E-state index in [0.717, 1.165) is 38.5 Å². The van der Waals surface area contributed by atoms with Crippen molar-refractivity contribution in [3.8, 4) is 0 Å². The molecule has 2 aromatic heterocycles. The van der Waals surface area contributed by atoms with Crippen LogP contribution in [0.4, 0.5) is 0 Å². The van der Waals surface area contributed by atoms with Crippen molar-refractivity contribution in [2.75, 3.05) is 26.7 Å². The van der Waals surface area contributed by atoms with E-state index in [-0.39, 0.29) is 6.04 Å². The molecule has 0 N–H and O–H groups in total. The SMILES string of the molecule is Cc1noc([C@@H]2CN(Cc3ncnn3CC(C)C)CCN2C)n1. The molecule has 1 atom stereocenters. The monoisotopic (exact) mass is 319 g/mol. The van der Waals surface area contributed by atoms with E-state index < -0.39 is 0 Å². The number of hydrogen-bond acceptors (Lipinski definition) is 7. The first kappa shape index (κ1) is 16.1. The van der Waals surface area contributed by atoms with Crippen LogP contribution in [0.25, 0.3) is 0 Å². The van der Waals surface area contributed by atoms with Crippen LogP contribution >= 0.6 is 0 Å². The second-order valence-electron chi connectivity index (χ2n) is 6.66. The van der Waals surface area contributed by atoms with Gasteiger partial charge in [0.25, 0.3) is 0 Å². The van der Waals surface area contributed by atoms with Crippen molar-refractivity contribution in [2.45, 2.75) is 39.9 Å². The van der Waals surface area contributed by atoms with Gasteiger partial charge in [0.15, 0.2) is 5.82 Å². The van der Waals surface area contributed by atoms with Gasteiger partial charge in [0.1, 0.15) is 18.2 Å². The fraction of sp³-hybridized carbons (Fsp3) is 0.733. The van der Waals surface area contributed by atoms with E-state index in [0.29, 0.717) is 17.6 Å². The Hall–Kier alpha value is -1.80. The van der Waals surface area contributed by atoms with Crippen molar-refractivity contribution >= 4 is 0 Å². The highest BCUT2D eigenvalue weighted by atomic mass is 16.5. The van der Waals surface area contributed by atoms with Crippen molar-refractivity contribution in [1.82, 2.24) is 34.7 Å². The number of piperazine rings is 1. The fourth-order valence-corrected chi connectivity index (χ4v) is 2.90. The zero-order valence-electron chi connectivity index (χ0n) is 14.3. The minimum Gasteiger partial charge on any atom is -0.338 e. The average Bonchev–Trinajstić information content (AvgIpc) is 3.10. The van der Waals surface area contributed by atoms with Gasteiger partial charge in [-0.15, -0.1) is 0 Å². The summed E-state index contributed by atoms with van der Waals surface area (Å²) in [5.41, 5.74) is 0. The van der Waals surface area contributed by atoms with Gasteiger partial charge >= 0.3 is 0 Å². The molecule has 0 unspecified atom stereocenters. The van der Waals surface area contributed by atoms with Crippen LogP contribution in [0.2, 0.25) is 0 Å². The van der Waals surface area contributed by atoms with Gasteiger partial charge in [0.05, 0.1) is 6.54 Å². The number of likely N-dealkylation sites (N-methyl/N-ethyl adjacent to an activating group) is 1. The minimum atomic E-state index is 0.131. The molecular weight excluding hydrogens is 294 g/mol. The third-order valence-electron chi connectivity index (χ3n) is 4.16. The van der Waals surface area contributed by atoms with Crippen molar-refractivity contribution < 1.29 is 4.52 Å². The lowest BCUT2D eigenvalue weighted by molar-refractivity contribution is 0.0689. The highest BCUT2D eigenvalue weighted by molar-refractivity contribution is 4.97. The summed E-state index contributed by atoms with van der Waals surface area (Å²) in [5.74, 6) is 2.95. The molecule has 0 saturated carbocycles. The molecular formula is C15H25N7O. The van der Waals surface area contributed by atoms with Crippen molar-refractivity contribution in [2.24, 2.45) is 5.92 Å². The van der Waals surface area contributed by atoms with Crippen molar-refractivity contribution in [1.29, 1.82) is 0 Å². The van der Waals surface area contributed by atoms with E-state index >= 15 is 0 Å². The fourth-order valence-electron chi connectivity index (χ4n) is 2.90. The first-order valence-electron chi connectivity index (χ1n) is 8.12. The van der Waals surface area contributed by atoms with Crippen LogP contribution in [0, 0.1) is 12.8 Å². The molecule has 1 saturated heterocycles. The highest BCUT2D eigenvalue weighted by Crippen LogP contribution is 2.23. The number of aryl methyl sites for hydroxylation is 1. The van der Waals surface area contributed by atoms with Gasteiger partial charge in [-0.25, -0.2) is 9.67 Å². The molecule has 0 amide bonds. The molecule has 1 aliphatic rings. The van der Waals surface area contributed by atoms with E-state index in [4.69, 9.17) is 4.52 Å². The summed E-state index contributed by atoms with van der Waals surface area (Å²) >= 11 is 0. The zero-order chi connectivity index (χ0) is 16.4. The van der Waals surface area contributed by atoms with Gasteiger partial charge in [0.2, 0.25) is 5.89 Å². The lowest BCUT2D eigenvalue weighted by atomic mass is 10.1. The third kappa shape index (κ3) is 3.76. The van der Waals surface area contributed by atoms with E-state index in [9.17, 15) is 0 Å². The molecule has 0 aromatic carbocycles. The smallest absolute Gasteiger partial charge is 0.245 e. The summed E-state index contributed by atoms with van der Waals surface area (Å²) in [6, 6.07) is 0.131. The number of rotatable bonds is 5. The van der Waals surface area contributed by atoms with Crippen LogP contribution in [0.15, 0.2) is 10.9 Å². The predicted molar refractivity (Wildman–Crippen MR) is 84.5 cm³/mol. The molecule has 126 valence electrons. The van der Waals surface area contributed by atoms with Crippen LogP contribution in [0.3, 0.4) is 0 Å². The topological polar surface area (TPSA) is 76.1 Å². The second-order valence-corrected chi connectivity index (χ2v) is 6.66. The molecule has 2 aromatic rings. The molecule has 0 spiro atoms. The van der Waals surface area contributed by atoms with Gasteiger partial charge in [-0.2, -0.15) is 10.1 Å². The standard InChI is InChI=1S/C15H25N7O/c1-11(2)7-22-14(16-10-17-22)9-21-6-5-20(4)13(8-21)15-18-12(3)19-23-15/h10-11,13H,5-9H2,1-4H3/t13-/m0/s1. The Morgan fingerprint density at radius 2 is 2.17 bits per heavy atom. The third-order valence-corrected chi connectivity index (χ3v) is 4.16. The van der Waals surface area contributed by atoms with Crippen LogP contribution in [0.5, 0.6) is 0 Å². The Bertz CT molecular complexity index is 635. The molecule has 0 aliphatic carbocycles. The molecule has 1 fully saturated rings. The summed E-state index contributed by atoms with van der Waals surface area (Å²) in [7, 11) is 2.10. The molecule has 23 heavy (non-hydrogen) atoms. The van der Waals surface area contributed by atoms with Crippen molar-refractivity contribution in [3.05, 3.63) is 23.9 Å². The Morgan fingerprint density at radius 3 is 2.87 bits per heavy atom. The second kappa shape index (κ2) is 6.76. The molecule has 3 heterocycles. The molecule has 8 nitrogen and oxygen atoms in total. The molecule has 1 aliphatic heterocycles. The summed E-state index contributed by atoms with van der Waals surface area (Å²) in [5, 5.41) is 8.26. The first-order valence-corrected chi connectivity index (χ1v) is 8.12. The maximum Gasteiger partial charge on any atom is 0.245 e. The van der Waals surface area contributed by atoms with Crippen LogP contribution in [0.1, 0.15) is 37.4 Å². The van der Waals surface area contributed by atoms with E-state index in [1.807, 2.05) is 11.6 Å². The molecule has 8 heteroatoms. The molecule has 0 radical (unpaired) electrons. The van der Waals surface area contributed by atoms with Gasteiger partial charge in [0, 0.05) is 26.2 Å². The highest BCUT2D eigenvalue weighted by Gasteiger charge is 2.30. The van der Waals surface area contributed by atoms with Crippen LogP contribution in [-0.4, -0.2) is 61.4 Å². The Balaban J connectivity index is 1.68. The molecule has 3 rings (SSSR count).